The molecular weight excluding hydrogens is 368 g/mol. The predicted octanol–water partition coefficient (Wildman–Crippen LogP) is 4.34. The van der Waals surface area contributed by atoms with Crippen LogP contribution < -0.4 is 0 Å². The average molecular weight is 395 g/mol. The van der Waals surface area contributed by atoms with E-state index in [4.69, 9.17) is 4.74 Å². The first-order valence-electron chi connectivity index (χ1n) is 8.67. The van der Waals surface area contributed by atoms with Crippen molar-refractivity contribution in [3.05, 3.63) is 33.8 Å². The van der Waals surface area contributed by atoms with E-state index in [0.29, 0.717) is 0 Å². The summed E-state index contributed by atoms with van der Waals surface area (Å²) >= 11 is 3.57. The Hall–Kier alpha value is -1.07. The number of carbonyl (C=O) groups is 1. The molecule has 0 aromatic heterocycles. The van der Waals surface area contributed by atoms with Gasteiger partial charge >= 0.3 is 6.09 Å². The Labute approximate surface area is 153 Å². The Morgan fingerprint density at radius 3 is 2.62 bits per heavy atom. The number of aryl methyl sites for hydroxylation is 1. The van der Waals surface area contributed by atoms with Crippen molar-refractivity contribution in [1.82, 2.24) is 9.80 Å². The number of hydrogen-bond acceptors (Lipinski definition) is 3. The standard InChI is InChI=1S/C19H27BrN2O2/c1-14-5-6-16(20)11-15(14)12-22-10-9-21(13-19(22)7-8-19)17(23)24-18(2,3)4/h5-6,11H,7-10,12-13H2,1-4H3. The molecule has 1 saturated carbocycles. The average Bonchev–Trinajstić information content (AvgIpc) is 3.23. The number of halogens is 1. The van der Waals surface area contributed by atoms with E-state index in [1.807, 2.05) is 25.7 Å². The van der Waals surface area contributed by atoms with Crippen LogP contribution in [-0.4, -0.2) is 46.7 Å². The van der Waals surface area contributed by atoms with Crippen LogP contribution in [0.4, 0.5) is 4.79 Å². The van der Waals surface area contributed by atoms with E-state index in [2.05, 4.69) is 46.0 Å². The zero-order valence-electron chi connectivity index (χ0n) is 15.1. The first-order chi connectivity index (χ1) is 11.2. The first-order valence-corrected chi connectivity index (χ1v) is 9.46. The maximum atomic E-state index is 12.4. The Morgan fingerprint density at radius 1 is 1.29 bits per heavy atom. The quantitative estimate of drug-likeness (QED) is 0.747. The largest absolute Gasteiger partial charge is 0.444 e. The highest BCUT2D eigenvalue weighted by Gasteiger charge is 2.52. The fourth-order valence-corrected chi connectivity index (χ4v) is 3.79. The lowest BCUT2D eigenvalue weighted by atomic mass is 10.0. The number of benzene rings is 1. The maximum Gasteiger partial charge on any atom is 0.410 e. The highest BCUT2D eigenvalue weighted by molar-refractivity contribution is 9.10. The van der Waals surface area contributed by atoms with Crippen LogP contribution in [0, 0.1) is 6.92 Å². The van der Waals surface area contributed by atoms with Crippen LogP contribution in [-0.2, 0) is 11.3 Å². The summed E-state index contributed by atoms with van der Waals surface area (Å²) < 4.78 is 6.67. The number of nitrogens with zero attached hydrogens (tertiary/aromatic N) is 2. The van der Waals surface area contributed by atoms with Crippen LogP contribution in [0.3, 0.4) is 0 Å². The van der Waals surface area contributed by atoms with Gasteiger partial charge in [0.05, 0.1) is 0 Å². The summed E-state index contributed by atoms with van der Waals surface area (Å²) in [5, 5.41) is 0. The Bertz CT molecular complexity index is 635. The van der Waals surface area contributed by atoms with Gasteiger partial charge < -0.3 is 9.64 Å². The van der Waals surface area contributed by atoms with Crippen molar-refractivity contribution in [3.8, 4) is 0 Å². The first kappa shape index (κ1) is 17.7. The lowest BCUT2D eigenvalue weighted by Gasteiger charge is -2.42. The molecule has 0 atom stereocenters. The fraction of sp³-hybridized carbons (Fsp3) is 0.632. The van der Waals surface area contributed by atoms with Gasteiger partial charge in [0, 0.05) is 36.2 Å². The van der Waals surface area contributed by atoms with Crippen LogP contribution in [0.15, 0.2) is 22.7 Å². The maximum absolute atomic E-state index is 12.4. The van der Waals surface area contributed by atoms with E-state index in [9.17, 15) is 4.79 Å². The highest BCUT2D eigenvalue weighted by Crippen LogP contribution is 2.45. The van der Waals surface area contributed by atoms with Gasteiger partial charge in [-0.2, -0.15) is 0 Å². The SMILES string of the molecule is Cc1ccc(Br)cc1CN1CCN(C(=O)OC(C)(C)C)CC12CC2. The van der Waals surface area contributed by atoms with Crippen LogP contribution in [0.2, 0.25) is 0 Å². The molecule has 4 nitrogen and oxygen atoms in total. The summed E-state index contributed by atoms with van der Waals surface area (Å²) in [4.78, 5) is 16.8. The number of hydrogen-bond donors (Lipinski definition) is 0. The second-order valence-electron chi connectivity index (χ2n) is 8.12. The molecule has 5 heteroatoms. The third kappa shape index (κ3) is 3.94. The summed E-state index contributed by atoms with van der Waals surface area (Å²) in [6.45, 7) is 11.3. The zero-order chi connectivity index (χ0) is 17.5. The van der Waals surface area contributed by atoms with Crippen molar-refractivity contribution >= 4 is 22.0 Å². The van der Waals surface area contributed by atoms with E-state index in [-0.39, 0.29) is 11.6 Å². The molecular formula is C19H27BrN2O2. The molecule has 1 saturated heterocycles. The van der Waals surface area contributed by atoms with Gasteiger partial charge in [0.1, 0.15) is 5.60 Å². The van der Waals surface area contributed by atoms with Gasteiger partial charge in [0.15, 0.2) is 0 Å². The minimum Gasteiger partial charge on any atom is -0.444 e. The third-order valence-electron chi connectivity index (χ3n) is 4.95. The number of rotatable bonds is 2. The number of amides is 1. The Balaban J connectivity index is 1.67. The molecule has 2 aliphatic rings. The minimum atomic E-state index is -0.432. The molecule has 3 rings (SSSR count). The van der Waals surface area contributed by atoms with Crippen molar-refractivity contribution in [2.75, 3.05) is 19.6 Å². The second-order valence-corrected chi connectivity index (χ2v) is 9.03. The van der Waals surface area contributed by atoms with Crippen LogP contribution in [0.5, 0.6) is 0 Å². The smallest absolute Gasteiger partial charge is 0.410 e. The normalized spacial score (nSPS) is 20.3. The number of piperazine rings is 1. The molecule has 0 N–H and O–H groups in total. The molecule has 2 fully saturated rings. The van der Waals surface area contributed by atoms with E-state index in [1.54, 1.807) is 0 Å². The minimum absolute atomic E-state index is 0.157. The summed E-state index contributed by atoms with van der Waals surface area (Å²) in [5.41, 5.74) is 2.41. The highest BCUT2D eigenvalue weighted by atomic mass is 79.9. The Morgan fingerprint density at radius 2 is 2.00 bits per heavy atom. The van der Waals surface area contributed by atoms with Crippen LogP contribution in [0.25, 0.3) is 0 Å². The summed E-state index contributed by atoms with van der Waals surface area (Å²) in [6, 6.07) is 6.47. The summed E-state index contributed by atoms with van der Waals surface area (Å²) in [6.07, 6.45) is 2.16. The van der Waals surface area contributed by atoms with Gasteiger partial charge in [0.2, 0.25) is 0 Å². The van der Waals surface area contributed by atoms with E-state index in [1.165, 1.54) is 24.0 Å². The zero-order valence-corrected chi connectivity index (χ0v) is 16.6. The van der Waals surface area contributed by atoms with E-state index in [0.717, 1.165) is 30.7 Å². The molecule has 1 amide bonds. The molecule has 1 heterocycles. The van der Waals surface area contributed by atoms with E-state index >= 15 is 0 Å². The molecule has 1 spiro atoms. The molecule has 0 bridgehead atoms. The van der Waals surface area contributed by atoms with Crippen molar-refractivity contribution in [2.24, 2.45) is 0 Å². The van der Waals surface area contributed by atoms with Crippen LogP contribution in [0.1, 0.15) is 44.7 Å². The molecule has 1 aromatic rings. The molecule has 132 valence electrons. The summed E-state index contributed by atoms with van der Waals surface area (Å²) in [7, 11) is 0. The van der Waals surface area contributed by atoms with Crippen molar-refractivity contribution in [2.45, 2.75) is 58.2 Å². The molecule has 1 aliphatic carbocycles. The van der Waals surface area contributed by atoms with Crippen LogP contribution >= 0.6 is 15.9 Å². The molecule has 0 unspecified atom stereocenters. The van der Waals surface area contributed by atoms with Crippen molar-refractivity contribution in [3.63, 3.8) is 0 Å². The third-order valence-corrected chi connectivity index (χ3v) is 5.44. The number of carbonyl (C=O) groups excluding carboxylic acids is 1. The monoisotopic (exact) mass is 394 g/mol. The topological polar surface area (TPSA) is 32.8 Å². The molecule has 24 heavy (non-hydrogen) atoms. The van der Waals surface area contributed by atoms with Gasteiger partial charge in [-0.1, -0.05) is 22.0 Å². The lowest BCUT2D eigenvalue weighted by molar-refractivity contribution is -0.00242. The van der Waals surface area contributed by atoms with Gasteiger partial charge in [0.25, 0.3) is 0 Å². The fourth-order valence-electron chi connectivity index (χ4n) is 3.38. The lowest BCUT2D eigenvalue weighted by Crippen LogP contribution is -2.56. The molecule has 1 aliphatic heterocycles. The van der Waals surface area contributed by atoms with Crippen molar-refractivity contribution < 1.29 is 9.53 Å². The van der Waals surface area contributed by atoms with Gasteiger partial charge in [-0.25, -0.2) is 4.79 Å². The molecule has 0 radical (unpaired) electrons. The van der Waals surface area contributed by atoms with Crippen molar-refractivity contribution in [1.29, 1.82) is 0 Å². The number of ether oxygens (including phenoxy) is 1. The van der Waals surface area contributed by atoms with Gasteiger partial charge in [-0.05, 0) is 63.8 Å². The Kier molecular flexibility index (Phi) is 4.69. The van der Waals surface area contributed by atoms with Gasteiger partial charge in [-0.3, -0.25) is 4.90 Å². The predicted molar refractivity (Wildman–Crippen MR) is 99.1 cm³/mol. The molecule has 1 aromatic carbocycles. The second kappa shape index (κ2) is 6.34. The summed E-state index contributed by atoms with van der Waals surface area (Å²) in [5.74, 6) is 0. The van der Waals surface area contributed by atoms with E-state index < -0.39 is 5.60 Å². The van der Waals surface area contributed by atoms with Gasteiger partial charge in [-0.15, -0.1) is 0 Å².